The molecule has 0 aromatic rings. The predicted octanol–water partition coefficient (Wildman–Crippen LogP) is 23.2. The maximum absolute atomic E-state index is 12.9. The maximum atomic E-state index is 12.9. The average molecular weight is 1060 g/mol. The number of carbonyl (C=O) groups is 3. The van der Waals surface area contributed by atoms with Gasteiger partial charge in [0.1, 0.15) is 13.2 Å². The summed E-state index contributed by atoms with van der Waals surface area (Å²) in [5.74, 6) is 0.879. The standard InChI is InChI=1S/C69H134O6/c1-6-7-8-9-10-11-12-13-14-15-16-17-24-29-34-39-44-49-54-59-67(70)73-62-66(75-69(72)61-56-51-46-41-36-31-26-21-19-23-28-33-38-43-48-53-58-65(4)5)63-74-68(71)60-55-50-45-40-35-30-25-20-18-22-27-32-37-42-47-52-57-64(2)3/h64-66H,6-63H2,1-5H3/t66-/m0/s1. The lowest BCUT2D eigenvalue weighted by atomic mass is 10.0. The molecule has 0 aromatic heterocycles. The summed E-state index contributed by atoms with van der Waals surface area (Å²) >= 11 is 0. The number of unbranched alkanes of at least 4 members (excludes halogenated alkanes) is 48. The SMILES string of the molecule is CCCCCCCCCCCCCCCCCCCCCC(=O)OC[C@@H](COC(=O)CCCCCCCCCCCCCCCCCCC(C)C)OC(=O)CCCCCCCCCCCCCCCCCCC(C)C. The number of carbonyl (C=O) groups excluding carboxylic acids is 3. The van der Waals surface area contributed by atoms with Gasteiger partial charge in [-0.25, -0.2) is 0 Å². The predicted molar refractivity (Wildman–Crippen MR) is 326 cm³/mol. The summed E-state index contributed by atoms with van der Waals surface area (Å²) in [5.41, 5.74) is 0. The molecule has 446 valence electrons. The van der Waals surface area contributed by atoms with Gasteiger partial charge in [0, 0.05) is 19.3 Å². The third kappa shape index (κ3) is 63.1. The Morgan fingerprint density at radius 2 is 0.440 bits per heavy atom. The van der Waals surface area contributed by atoms with Crippen molar-refractivity contribution < 1.29 is 28.6 Å². The zero-order chi connectivity index (χ0) is 54.6. The molecule has 75 heavy (non-hydrogen) atoms. The molecule has 0 fully saturated rings. The first-order valence-corrected chi connectivity index (χ1v) is 34.2. The Kier molecular flexibility index (Phi) is 60.3. The summed E-state index contributed by atoms with van der Waals surface area (Å²) in [6.07, 6.45) is 69.7. The second-order valence-corrected chi connectivity index (χ2v) is 24.8. The van der Waals surface area contributed by atoms with E-state index in [0.29, 0.717) is 19.3 Å². The third-order valence-corrected chi connectivity index (χ3v) is 16.0. The van der Waals surface area contributed by atoms with Crippen molar-refractivity contribution in [3.8, 4) is 0 Å². The topological polar surface area (TPSA) is 78.9 Å². The molecule has 0 saturated carbocycles. The van der Waals surface area contributed by atoms with Gasteiger partial charge in [-0.2, -0.15) is 0 Å². The van der Waals surface area contributed by atoms with Gasteiger partial charge >= 0.3 is 17.9 Å². The molecule has 0 rings (SSSR count). The minimum absolute atomic E-state index is 0.0613. The van der Waals surface area contributed by atoms with Crippen LogP contribution in [0.2, 0.25) is 0 Å². The van der Waals surface area contributed by atoms with E-state index in [0.717, 1.165) is 69.6 Å². The number of hydrogen-bond donors (Lipinski definition) is 0. The van der Waals surface area contributed by atoms with E-state index in [-0.39, 0.29) is 31.1 Å². The first kappa shape index (κ1) is 73.4. The zero-order valence-corrected chi connectivity index (χ0v) is 51.7. The van der Waals surface area contributed by atoms with E-state index < -0.39 is 6.10 Å². The highest BCUT2D eigenvalue weighted by Crippen LogP contribution is 2.20. The summed E-state index contributed by atoms with van der Waals surface area (Å²) in [5, 5.41) is 0. The molecule has 0 unspecified atom stereocenters. The molecule has 0 radical (unpaired) electrons. The fourth-order valence-corrected chi connectivity index (χ4v) is 10.8. The molecular formula is C69H134O6. The highest BCUT2D eigenvalue weighted by molar-refractivity contribution is 5.71. The Balaban J connectivity index is 4.28. The Labute approximate surface area is 469 Å². The molecule has 0 heterocycles. The lowest BCUT2D eigenvalue weighted by molar-refractivity contribution is -0.167. The summed E-state index contributed by atoms with van der Waals surface area (Å²) in [7, 11) is 0. The van der Waals surface area contributed by atoms with Crippen molar-refractivity contribution in [3.05, 3.63) is 0 Å². The van der Waals surface area contributed by atoms with Gasteiger partial charge in [-0.3, -0.25) is 14.4 Å². The van der Waals surface area contributed by atoms with Gasteiger partial charge in [-0.05, 0) is 31.1 Å². The van der Waals surface area contributed by atoms with Crippen LogP contribution in [-0.4, -0.2) is 37.2 Å². The van der Waals surface area contributed by atoms with Crippen molar-refractivity contribution in [3.63, 3.8) is 0 Å². The van der Waals surface area contributed by atoms with E-state index in [1.54, 1.807) is 0 Å². The Hall–Kier alpha value is -1.59. The molecule has 0 bridgehead atoms. The first-order valence-electron chi connectivity index (χ1n) is 34.2. The van der Waals surface area contributed by atoms with Crippen LogP contribution in [0.4, 0.5) is 0 Å². The van der Waals surface area contributed by atoms with E-state index >= 15 is 0 Å². The van der Waals surface area contributed by atoms with E-state index in [1.165, 1.54) is 283 Å². The van der Waals surface area contributed by atoms with Crippen LogP contribution in [0.15, 0.2) is 0 Å². The minimum atomic E-state index is -0.764. The second kappa shape index (κ2) is 61.6. The van der Waals surface area contributed by atoms with Gasteiger partial charge in [0.2, 0.25) is 0 Å². The van der Waals surface area contributed by atoms with Crippen molar-refractivity contribution in [2.75, 3.05) is 13.2 Å². The highest BCUT2D eigenvalue weighted by Gasteiger charge is 2.20. The molecule has 6 nitrogen and oxygen atoms in total. The van der Waals surface area contributed by atoms with Crippen molar-refractivity contribution in [2.24, 2.45) is 11.8 Å². The fraction of sp³-hybridized carbons (Fsp3) is 0.957. The van der Waals surface area contributed by atoms with Gasteiger partial charge in [0.25, 0.3) is 0 Å². The molecule has 0 spiro atoms. The number of hydrogen-bond acceptors (Lipinski definition) is 6. The van der Waals surface area contributed by atoms with E-state index in [2.05, 4.69) is 34.6 Å². The summed E-state index contributed by atoms with van der Waals surface area (Å²) in [4.78, 5) is 38.4. The summed E-state index contributed by atoms with van der Waals surface area (Å²) in [6.45, 7) is 11.5. The minimum Gasteiger partial charge on any atom is -0.462 e. The van der Waals surface area contributed by atoms with E-state index in [9.17, 15) is 14.4 Å². The first-order chi connectivity index (χ1) is 36.7. The number of ether oxygens (including phenoxy) is 3. The second-order valence-electron chi connectivity index (χ2n) is 24.8. The average Bonchev–Trinajstić information content (AvgIpc) is 3.39. The van der Waals surface area contributed by atoms with Crippen LogP contribution in [0, 0.1) is 11.8 Å². The normalized spacial score (nSPS) is 12.0. The van der Waals surface area contributed by atoms with Gasteiger partial charge in [0.15, 0.2) is 6.10 Å². The summed E-state index contributed by atoms with van der Waals surface area (Å²) < 4.78 is 17.0. The van der Waals surface area contributed by atoms with Crippen LogP contribution in [0.25, 0.3) is 0 Å². The summed E-state index contributed by atoms with van der Waals surface area (Å²) in [6, 6.07) is 0. The van der Waals surface area contributed by atoms with Crippen LogP contribution in [-0.2, 0) is 28.6 Å². The molecule has 0 N–H and O–H groups in total. The largest absolute Gasteiger partial charge is 0.462 e. The van der Waals surface area contributed by atoms with Gasteiger partial charge in [0.05, 0.1) is 0 Å². The van der Waals surface area contributed by atoms with Gasteiger partial charge < -0.3 is 14.2 Å². The van der Waals surface area contributed by atoms with Crippen LogP contribution in [0.3, 0.4) is 0 Å². The van der Waals surface area contributed by atoms with Crippen molar-refractivity contribution in [2.45, 2.75) is 400 Å². The van der Waals surface area contributed by atoms with Crippen LogP contribution >= 0.6 is 0 Å². The van der Waals surface area contributed by atoms with Crippen molar-refractivity contribution in [1.29, 1.82) is 0 Å². The highest BCUT2D eigenvalue weighted by atomic mass is 16.6. The Morgan fingerprint density at radius 3 is 0.653 bits per heavy atom. The Morgan fingerprint density at radius 1 is 0.253 bits per heavy atom. The van der Waals surface area contributed by atoms with Crippen molar-refractivity contribution in [1.82, 2.24) is 0 Å². The number of esters is 3. The van der Waals surface area contributed by atoms with E-state index in [1.807, 2.05) is 0 Å². The van der Waals surface area contributed by atoms with E-state index in [4.69, 9.17) is 14.2 Å². The Bertz CT molecular complexity index is 1150. The lowest BCUT2D eigenvalue weighted by Gasteiger charge is -2.18. The molecule has 0 amide bonds. The van der Waals surface area contributed by atoms with Crippen LogP contribution < -0.4 is 0 Å². The van der Waals surface area contributed by atoms with Gasteiger partial charge in [-0.1, -0.05) is 356 Å². The maximum Gasteiger partial charge on any atom is 0.306 e. The molecule has 1 atom stereocenters. The van der Waals surface area contributed by atoms with Crippen LogP contribution in [0.1, 0.15) is 394 Å². The van der Waals surface area contributed by atoms with Gasteiger partial charge in [-0.15, -0.1) is 0 Å². The molecular weight excluding hydrogens is 925 g/mol. The number of rotatable bonds is 63. The monoisotopic (exact) mass is 1060 g/mol. The van der Waals surface area contributed by atoms with Crippen molar-refractivity contribution >= 4 is 17.9 Å². The quantitative estimate of drug-likeness (QED) is 0.0343. The molecule has 0 saturated heterocycles. The lowest BCUT2D eigenvalue weighted by Crippen LogP contribution is -2.30. The molecule has 6 heteroatoms. The van der Waals surface area contributed by atoms with Crippen LogP contribution in [0.5, 0.6) is 0 Å². The smallest absolute Gasteiger partial charge is 0.306 e. The molecule has 0 aliphatic heterocycles. The zero-order valence-electron chi connectivity index (χ0n) is 51.7. The third-order valence-electron chi connectivity index (χ3n) is 16.0. The fourth-order valence-electron chi connectivity index (χ4n) is 10.8. The molecule has 0 aliphatic carbocycles. The molecule has 0 aromatic carbocycles. The molecule has 0 aliphatic rings.